The Morgan fingerprint density at radius 3 is 2.50 bits per heavy atom. The highest BCUT2D eigenvalue weighted by Crippen LogP contribution is 2.29. The number of hydrogen-bond donors (Lipinski definition) is 2. The number of benzene rings is 2. The van der Waals surface area contributed by atoms with Crippen LogP contribution >= 0.6 is 0 Å². The van der Waals surface area contributed by atoms with Crippen LogP contribution in [0.4, 0.5) is 8.78 Å². The van der Waals surface area contributed by atoms with Crippen LogP contribution in [0.2, 0.25) is 0 Å². The molecule has 0 aliphatic carbocycles. The van der Waals surface area contributed by atoms with Gasteiger partial charge in [-0.2, -0.15) is 8.78 Å². The minimum atomic E-state index is -3.02. The largest absolute Gasteiger partial charge is 0.490 e. The van der Waals surface area contributed by atoms with Crippen LogP contribution in [0.25, 0.3) is 0 Å². The smallest absolute Gasteiger partial charge is 0.387 e. The molecule has 2 rings (SSSR count). The van der Waals surface area contributed by atoms with Gasteiger partial charge in [-0.25, -0.2) is 0 Å². The Balaban J connectivity index is 1.91. The molecule has 2 N–H and O–H groups in total. The third-order valence-electron chi connectivity index (χ3n) is 3.40. The van der Waals surface area contributed by atoms with E-state index < -0.39 is 18.4 Å². The molecule has 150 valence electrons. The van der Waals surface area contributed by atoms with Crippen molar-refractivity contribution in [2.75, 3.05) is 13.2 Å². The molecule has 0 radical (unpaired) electrons. The topological polar surface area (TPSA) is 85.9 Å². The van der Waals surface area contributed by atoms with Gasteiger partial charge in [0, 0.05) is 5.56 Å². The molecule has 0 saturated carbocycles. The Morgan fingerprint density at radius 1 is 1.04 bits per heavy atom. The number of ether oxygens (including phenoxy) is 3. The summed E-state index contributed by atoms with van der Waals surface area (Å²) in [7, 11) is 0. The molecule has 0 aliphatic rings. The molecule has 0 unspecified atom stereocenters. The summed E-state index contributed by atoms with van der Waals surface area (Å²) in [5.74, 6) is -0.906. The summed E-state index contributed by atoms with van der Waals surface area (Å²) >= 11 is 0. The van der Waals surface area contributed by atoms with E-state index in [0.29, 0.717) is 5.75 Å². The Labute approximate surface area is 160 Å². The number of hydrogen-bond acceptors (Lipinski definition) is 5. The van der Waals surface area contributed by atoms with Gasteiger partial charge in [-0.15, -0.1) is 0 Å². The van der Waals surface area contributed by atoms with Crippen LogP contribution in [0.15, 0.2) is 42.5 Å². The summed E-state index contributed by atoms with van der Waals surface area (Å²) in [6, 6.07) is 10.9. The van der Waals surface area contributed by atoms with Crippen molar-refractivity contribution in [3.8, 4) is 17.2 Å². The Hall–Kier alpha value is -3.36. The maximum atomic E-state index is 12.4. The maximum absolute atomic E-state index is 12.4. The SMILES string of the molecule is CCOc1cc(C(=O)NNC(=O)COc2cccc(C)c2)ccc1OC(F)F. The first-order valence-electron chi connectivity index (χ1n) is 8.39. The third kappa shape index (κ3) is 6.42. The van der Waals surface area contributed by atoms with Crippen LogP contribution < -0.4 is 25.1 Å². The van der Waals surface area contributed by atoms with E-state index in [0.717, 1.165) is 5.56 Å². The first-order chi connectivity index (χ1) is 13.4. The monoisotopic (exact) mass is 394 g/mol. The molecule has 0 saturated heterocycles. The molecular weight excluding hydrogens is 374 g/mol. The zero-order chi connectivity index (χ0) is 20.5. The predicted molar refractivity (Wildman–Crippen MR) is 96.5 cm³/mol. The van der Waals surface area contributed by atoms with Crippen molar-refractivity contribution in [3.05, 3.63) is 53.6 Å². The van der Waals surface area contributed by atoms with E-state index in [1.165, 1.54) is 18.2 Å². The molecule has 0 aliphatic heterocycles. The van der Waals surface area contributed by atoms with Crippen LogP contribution in [0, 0.1) is 6.92 Å². The van der Waals surface area contributed by atoms with Crippen LogP contribution in [0.1, 0.15) is 22.8 Å². The second-order valence-electron chi connectivity index (χ2n) is 5.58. The fourth-order valence-electron chi connectivity index (χ4n) is 2.20. The number of halogens is 2. The van der Waals surface area contributed by atoms with E-state index in [2.05, 4.69) is 15.6 Å². The summed E-state index contributed by atoms with van der Waals surface area (Å²) in [5.41, 5.74) is 5.49. The predicted octanol–water partition coefficient (Wildman–Crippen LogP) is 2.84. The zero-order valence-electron chi connectivity index (χ0n) is 15.3. The number of aryl methyl sites for hydroxylation is 1. The minimum absolute atomic E-state index is 0.00967. The van der Waals surface area contributed by atoms with Gasteiger partial charge in [0.25, 0.3) is 11.8 Å². The molecule has 0 aromatic heterocycles. The van der Waals surface area contributed by atoms with Crippen molar-refractivity contribution in [2.24, 2.45) is 0 Å². The summed E-state index contributed by atoms with van der Waals surface area (Å²) in [5, 5.41) is 0. The molecule has 0 atom stereocenters. The van der Waals surface area contributed by atoms with Crippen molar-refractivity contribution in [2.45, 2.75) is 20.5 Å². The number of alkyl halides is 2. The average Bonchev–Trinajstić information content (AvgIpc) is 2.65. The van der Waals surface area contributed by atoms with E-state index in [-0.39, 0.29) is 30.3 Å². The van der Waals surface area contributed by atoms with Gasteiger partial charge in [-0.05, 0) is 49.7 Å². The first-order valence-corrected chi connectivity index (χ1v) is 8.39. The number of rotatable bonds is 8. The van der Waals surface area contributed by atoms with Gasteiger partial charge in [-0.3, -0.25) is 20.4 Å². The highest BCUT2D eigenvalue weighted by atomic mass is 19.3. The molecule has 28 heavy (non-hydrogen) atoms. The second-order valence-corrected chi connectivity index (χ2v) is 5.58. The summed E-state index contributed by atoms with van der Waals surface area (Å²) in [6.07, 6.45) is 0. The molecule has 0 spiro atoms. The lowest BCUT2D eigenvalue weighted by molar-refractivity contribution is -0.123. The summed E-state index contributed by atoms with van der Waals surface area (Å²) in [6.45, 7) is 0.424. The molecule has 7 nitrogen and oxygen atoms in total. The van der Waals surface area contributed by atoms with Crippen molar-refractivity contribution in [3.63, 3.8) is 0 Å². The zero-order valence-corrected chi connectivity index (χ0v) is 15.3. The molecule has 0 bridgehead atoms. The van der Waals surface area contributed by atoms with Crippen molar-refractivity contribution < 1.29 is 32.6 Å². The molecule has 0 fully saturated rings. The fraction of sp³-hybridized carbons (Fsp3) is 0.263. The standard InChI is InChI=1S/C19H20F2N2O5/c1-3-26-16-10-13(7-8-15(16)28-19(20)21)18(25)23-22-17(24)11-27-14-6-4-5-12(2)9-14/h4-10,19H,3,11H2,1-2H3,(H,22,24)(H,23,25). The van der Waals surface area contributed by atoms with Gasteiger partial charge < -0.3 is 14.2 Å². The molecule has 9 heteroatoms. The average molecular weight is 394 g/mol. The quantitative estimate of drug-likeness (QED) is 0.673. The van der Waals surface area contributed by atoms with Crippen LogP contribution in [-0.2, 0) is 4.79 Å². The van der Waals surface area contributed by atoms with E-state index in [4.69, 9.17) is 9.47 Å². The normalized spacial score (nSPS) is 10.3. The molecule has 2 amide bonds. The lowest BCUT2D eigenvalue weighted by Gasteiger charge is -2.13. The van der Waals surface area contributed by atoms with Gasteiger partial charge in [0.1, 0.15) is 5.75 Å². The molecule has 0 heterocycles. The van der Waals surface area contributed by atoms with Gasteiger partial charge in [0.05, 0.1) is 6.61 Å². The van der Waals surface area contributed by atoms with Gasteiger partial charge in [0.2, 0.25) is 0 Å². The van der Waals surface area contributed by atoms with E-state index in [9.17, 15) is 18.4 Å². The van der Waals surface area contributed by atoms with Crippen LogP contribution in [0.5, 0.6) is 17.2 Å². The Morgan fingerprint density at radius 2 is 1.82 bits per heavy atom. The highest BCUT2D eigenvalue weighted by Gasteiger charge is 2.15. The fourth-order valence-corrected chi connectivity index (χ4v) is 2.20. The van der Waals surface area contributed by atoms with Crippen molar-refractivity contribution in [1.82, 2.24) is 10.9 Å². The number of hydrazine groups is 1. The summed E-state index contributed by atoms with van der Waals surface area (Å²) < 4.78 is 39.7. The van der Waals surface area contributed by atoms with Gasteiger partial charge in [0.15, 0.2) is 18.1 Å². The van der Waals surface area contributed by atoms with Gasteiger partial charge in [-0.1, -0.05) is 12.1 Å². The summed E-state index contributed by atoms with van der Waals surface area (Å²) in [4.78, 5) is 23.9. The Bertz CT molecular complexity index is 830. The molecule has 2 aromatic carbocycles. The number of carbonyl (C=O) groups excluding carboxylic acids is 2. The van der Waals surface area contributed by atoms with Crippen LogP contribution in [-0.4, -0.2) is 31.6 Å². The molecular formula is C19H20F2N2O5. The van der Waals surface area contributed by atoms with Crippen molar-refractivity contribution in [1.29, 1.82) is 0 Å². The second kappa shape index (κ2) is 10.1. The van der Waals surface area contributed by atoms with E-state index in [1.54, 1.807) is 25.1 Å². The number of carbonyl (C=O) groups is 2. The van der Waals surface area contributed by atoms with E-state index >= 15 is 0 Å². The maximum Gasteiger partial charge on any atom is 0.387 e. The Kier molecular flexibility index (Phi) is 7.55. The van der Waals surface area contributed by atoms with E-state index in [1.807, 2.05) is 13.0 Å². The highest BCUT2D eigenvalue weighted by molar-refractivity contribution is 5.96. The van der Waals surface area contributed by atoms with Crippen LogP contribution in [0.3, 0.4) is 0 Å². The van der Waals surface area contributed by atoms with Gasteiger partial charge >= 0.3 is 6.61 Å². The molecule has 2 aromatic rings. The third-order valence-corrected chi connectivity index (χ3v) is 3.40. The number of amides is 2. The van der Waals surface area contributed by atoms with Crippen molar-refractivity contribution >= 4 is 11.8 Å². The minimum Gasteiger partial charge on any atom is -0.490 e. The first kappa shape index (κ1) is 20.9. The lowest BCUT2D eigenvalue weighted by atomic mass is 10.2. The lowest BCUT2D eigenvalue weighted by Crippen LogP contribution is -2.43. The number of nitrogens with one attached hydrogen (secondary N) is 2.